The van der Waals surface area contributed by atoms with Crippen molar-refractivity contribution in [1.82, 2.24) is 4.90 Å². The van der Waals surface area contributed by atoms with E-state index in [0.717, 1.165) is 32.5 Å². The van der Waals surface area contributed by atoms with Gasteiger partial charge in [-0.2, -0.15) is 0 Å². The molecule has 1 unspecified atom stereocenters. The fourth-order valence-corrected chi connectivity index (χ4v) is 3.34. The molecule has 1 saturated carbocycles. The van der Waals surface area contributed by atoms with Crippen LogP contribution in [0.5, 0.6) is 0 Å². The lowest BCUT2D eigenvalue weighted by atomic mass is 9.71. The Hall–Kier alpha value is -0.370. The molecule has 1 fully saturated rings. The van der Waals surface area contributed by atoms with Gasteiger partial charge >= 0.3 is 0 Å². The van der Waals surface area contributed by atoms with Crippen LogP contribution in [0, 0.1) is 23.2 Å². The number of nitrogens with zero attached hydrogens (tertiary/aromatic N) is 1. The summed E-state index contributed by atoms with van der Waals surface area (Å²) >= 11 is 0. The second-order valence-corrected chi connectivity index (χ2v) is 7.84. The predicted octanol–water partition coefficient (Wildman–Crippen LogP) is 4.00. The van der Waals surface area contributed by atoms with E-state index >= 15 is 0 Å². The van der Waals surface area contributed by atoms with Crippen molar-refractivity contribution >= 4 is 5.78 Å². The number of carbonyl (C=O) groups is 1. The fourth-order valence-electron chi connectivity index (χ4n) is 3.34. The molecule has 0 heterocycles. The SMILES string of the molecule is CC(C)CN(CC(C)C)CC1CCCC(C)(C)C1=O. The van der Waals surface area contributed by atoms with Crippen molar-refractivity contribution in [2.24, 2.45) is 23.2 Å². The van der Waals surface area contributed by atoms with Crippen LogP contribution in [0.15, 0.2) is 0 Å². The molecule has 2 nitrogen and oxygen atoms in total. The van der Waals surface area contributed by atoms with Crippen molar-refractivity contribution < 1.29 is 4.79 Å². The minimum atomic E-state index is -0.0930. The maximum absolute atomic E-state index is 12.5. The lowest BCUT2D eigenvalue weighted by molar-refractivity contribution is -0.135. The van der Waals surface area contributed by atoms with E-state index < -0.39 is 0 Å². The molecular weight excluding hydrogens is 234 g/mol. The Morgan fingerprint density at radius 2 is 1.68 bits per heavy atom. The molecule has 0 saturated heterocycles. The first-order valence-corrected chi connectivity index (χ1v) is 7.99. The average molecular weight is 267 g/mol. The molecule has 0 aromatic rings. The first-order chi connectivity index (χ1) is 8.72. The van der Waals surface area contributed by atoms with Crippen molar-refractivity contribution in [1.29, 1.82) is 0 Å². The van der Waals surface area contributed by atoms with Gasteiger partial charge in [0.25, 0.3) is 0 Å². The van der Waals surface area contributed by atoms with Crippen LogP contribution in [0.3, 0.4) is 0 Å². The zero-order chi connectivity index (χ0) is 14.6. The van der Waals surface area contributed by atoms with E-state index in [1.54, 1.807) is 0 Å². The molecule has 1 rings (SSSR count). The van der Waals surface area contributed by atoms with Crippen molar-refractivity contribution in [3.05, 3.63) is 0 Å². The van der Waals surface area contributed by atoms with E-state index in [0.29, 0.717) is 17.6 Å². The number of hydrogen-bond acceptors (Lipinski definition) is 2. The topological polar surface area (TPSA) is 20.3 Å². The Bertz CT molecular complexity index is 284. The molecular formula is C17H33NO. The molecule has 0 N–H and O–H groups in total. The predicted molar refractivity (Wildman–Crippen MR) is 82.2 cm³/mol. The first-order valence-electron chi connectivity index (χ1n) is 7.99. The van der Waals surface area contributed by atoms with Gasteiger partial charge in [0.05, 0.1) is 0 Å². The summed E-state index contributed by atoms with van der Waals surface area (Å²) in [5.74, 6) is 2.11. The van der Waals surface area contributed by atoms with Gasteiger partial charge in [0.1, 0.15) is 5.78 Å². The molecule has 0 radical (unpaired) electrons. The highest BCUT2D eigenvalue weighted by atomic mass is 16.1. The molecule has 1 aliphatic carbocycles. The summed E-state index contributed by atoms with van der Waals surface area (Å²) in [6.07, 6.45) is 3.37. The van der Waals surface area contributed by atoms with Gasteiger partial charge in [-0.25, -0.2) is 0 Å². The van der Waals surface area contributed by atoms with E-state index in [1.807, 2.05) is 0 Å². The maximum Gasteiger partial charge on any atom is 0.142 e. The van der Waals surface area contributed by atoms with Crippen LogP contribution in [0.2, 0.25) is 0 Å². The summed E-state index contributed by atoms with van der Waals surface area (Å²) in [5.41, 5.74) is -0.0930. The van der Waals surface area contributed by atoms with Gasteiger partial charge in [0, 0.05) is 31.0 Å². The molecule has 19 heavy (non-hydrogen) atoms. The van der Waals surface area contributed by atoms with E-state index in [1.165, 1.54) is 6.42 Å². The highest BCUT2D eigenvalue weighted by Gasteiger charge is 2.37. The largest absolute Gasteiger partial charge is 0.302 e. The Balaban J connectivity index is 2.64. The minimum Gasteiger partial charge on any atom is -0.302 e. The number of carbonyl (C=O) groups excluding carboxylic acids is 1. The Morgan fingerprint density at radius 1 is 1.16 bits per heavy atom. The van der Waals surface area contributed by atoms with Crippen LogP contribution in [0.4, 0.5) is 0 Å². The molecule has 0 spiro atoms. The second-order valence-electron chi connectivity index (χ2n) is 7.84. The third-order valence-electron chi connectivity index (χ3n) is 4.12. The third kappa shape index (κ3) is 5.25. The van der Waals surface area contributed by atoms with Crippen LogP contribution in [0.1, 0.15) is 60.8 Å². The Kier molecular flexibility index (Phi) is 6.04. The number of hydrogen-bond donors (Lipinski definition) is 0. The van der Waals surface area contributed by atoms with Crippen molar-refractivity contribution in [3.8, 4) is 0 Å². The Morgan fingerprint density at radius 3 is 2.16 bits per heavy atom. The normalized spacial score (nSPS) is 23.6. The highest BCUT2D eigenvalue weighted by Crippen LogP contribution is 2.35. The summed E-state index contributed by atoms with van der Waals surface area (Å²) in [6, 6.07) is 0. The first kappa shape index (κ1) is 16.7. The molecule has 112 valence electrons. The molecule has 2 heteroatoms. The van der Waals surface area contributed by atoms with E-state index in [-0.39, 0.29) is 11.3 Å². The monoisotopic (exact) mass is 267 g/mol. The van der Waals surface area contributed by atoms with Gasteiger partial charge < -0.3 is 4.90 Å². The smallest absolute Gasteiger partial charge is 0.142 e. The third-order valence-corrected chi connectivity index (χ3v) is 4.12. The van der Waals surface area contributed by atoms with E-state index in [9.17, 15) is 4.79 Å². The number of ketones is 1. The molecule has 0 amide bonds. The highest BCUT2D eigenvalue weighted by molar-refractivity contribution is 5.87. The number of Topliss-reactive ketones (excluding diaryl/α,β-unsaturated/α-hetero) is 1. The average Bonchev–Trinajstić information content (AvgIpc) is 2.22. The van der Waals surface area contributed by atoms with Crippen molar-refractivity contribution in [3.63, 3.8) is 0 Å². The zero-order valence-corrected chi connectivity index (χ0v) is 13.8. The summed E-state index contributed by atoms with van der Waals surface area (Å²) < 4.78 is 0. The summed E-state index contributed by atoms with van der Waals surface area (Å²) in [6.45, 7) is 16.5. The molecule has 1 aliphatic rings. The molecule has 0 aromatic carbocycles. The zero-order valence-electron chi connectivity index (χ0n) is 13.8. The van der Waals surface area contributed by atoms with Gasteiger partial charge in [0.15, 0.2) is 0 Å². The molecule has 0 aromatic heterocycles. The lowest BCUT2D eigenvalue weighted by Gasteiger charge is -2.37. The van der Waals surface area contributed by atoms with Crippen molar-refractivity contribution in [2.45, 2.75) is 60.8 Å². The van der Waals surface area contributed by atoms with Crippen LogP contribution >= 0.6 is 0 Å². The van der Waals surface area contributed by atoms with Crippen molar-refractivity contribution in [2.75, 3.05) is 19.6 Å². The van der Waals surface area contributed by atoms with Gasteiger partial charge in [-0.1, -0.05) is 48.0 Å². The molecule has 0 bridgehead atoms. The van der Waals surface area contributed by atoms with Crippen LogP contribution in [-0.4, -0.2) is 30.3 Å². The lowest BCUT2D eigenvalue weighted by Crippen LogP contribution is -2.43. The van der Waals surface area contributed by atoms with E-state index in [2.05, 4.69) is 46.4 Å². The summed E-state index contributed by atoms with van der Waals surface area (Å²) in [7, 11) is 0. The second kappa shape index (κ2) is 6.88. The van der Waals surface area contributed by atoms with Gasteiger partial charge in [0.2, 0.25) is 0 Å². The minimum absolute atomic E-state index is 0.0930. The van der Waals surface area contributed by atoms with Crippen LogP contribution < -0.4 is 0 Å². The van der Waals surface area contributed by atoms with Crippen LogP contribution in [-0.2, 0) is 4.79 Å². The van der Waals surface area contributed by atoms with Crippen LogP contribution in [0.25, 0.3) is 0 Å². The molecule has 0 aliphatic heterocycles. The van der Waals surface area contributed by atoms with E-state index in [4.69, 9.17) is 0 Å². The quantitative estimate of drug-likeness (QED) is 0.725. The summed E-state index contributed by atoms with van der Waals surface area (Å²) in [4.78, 5) is 15.0. The van der Waals surface area contributed by atoms with Gasteiger partial charge in [-0.15, -0.1) is 0 Å². The summed E-state index contributed by atoms with van der Waals surface area (Å²) in [5, 5.41) is 0. The molecule has 1 atom stereocenters. The van der Waals surface area contributed by atoms with Gasteiger partial charge in [-0.3, -0.25) is 4.79 Å². The fraction of sp³-hybridized carbons (Fsp3) is 0.941. The standard InChI is InChI=1S/C17H33NO/c1-13(2)10-18(11-14(3)4)12-15-8-7-9-17(5,6)16(15)19/h13-15H,7-12H2,1-6H3. The van der Waals surface area contributed by atoms with Gasteiger partial charge in [-0.05, 0) is 24.7 Å². The maximum atomic E-state index is 12.5. The number of rotatable bonds is 6. The Labute approximate surface area is 119 Å².